The standard InChI is InChI=1S/C17H24F2N2/c1-13(15-11-14(18)5-6-16(15)19)21-10-9-20-12-17(21)7-3-2-4-8-17/h5-6,11,13,20H,2-4,7-10,12H2,1H3. The van der Waals surface area contributed by atoms with Crippen molar-refractivity contribution in [3.8, 4) is 0 Å². The molecule has 2 nitrogen and oxygen atoms in total. The second kappa shape index (κ2) is 6.01. The smallest absolute Gasteiger partial charge is 0.128 e. The molecule has 116 valence electrons. The summed E-state index contributed by atoms with van der Waals surface area (Å²) in [6.07, 6.45) is 6.06. The van der Waals surface area contributed by atoms with Gasteiger partial charge in [0.1, 0.15) is 11.6 Å². The normalized spacial score (nSPS) is 24.1. The maximum atomic E-state index is 14.1. The van der Waals surface area contributed by atoms with Gasteiger partial charge in [-0.3, -0.25) is 4.90 Å². The van der Waals surface area contributed by atoms with Gasteiger partial charge in [-0.15, -0.1) is 0 Å². The van der Waals surface area contributed by atoms with E-state index >= 15 is 0 Å². The SMILES string of the molecule is CC(c1cc(F)ccc1F)N1CCNCC12CCCCC2. The van der Waals surface area contributed by atoms with Crippen molar-refractivity contribution in [1.82, 2.24) is 10.2 Å². The summed E-state index contributed by atoms with van der Waals surface area (Å²) in [6, 6.07) is 3.72. The average molecular weight is 294 g/mol. The van der Waals surface area contributed by atoms with Gasteiger partial charge < -0.3 is 5.32 Å². The Morgan fingerprint density at radius 3 is 2.71 bits per heavy atom. The van der Waals surface area contributed by atoms with Crippen LogP contribution in [0.2, 0.25) is 0 Å². The van der Waals surface area contributed by atoms with Gasteiger partial charge in [0, 0.05) is 36.8 Å². The quantitative estimate of drug-likeness (QED) is 0.896. The molecule has 1 N–H and O–H groups in total. The van der Waals surface area contributed by atoms with Crippen LogP contribution in [0.3, 0.4) is 0 Å². The fraction of sp³-hybridized carbons (Fsp3) is 0.647. The highest BCUT2D eigenvalue weighted by Gasteiger charge is 2.42. The summed E-state index contributed by atoms with van der Waals surface area (Å²) in [5, 5.41) is 3.50. The van der Waals surface area contributed by atoms with Crippen molar-refractivity contribution >= 4 is 0 Å². The lowest BCUT2D eigenvalue weighted by Crippen LogP contribution is -2.62. The molecule has 3 rings (SSSR count). The maximum absolute atomic E-state index is 14.1. The zero-order valence-corrected chi connectivity index (χ0v) is 12.7. The molecule has 1 aliphatic carbocycles. The van der Waals surface area contributed by atoms with Crippen LogP contribution < -0.4 is 5.32 Å². The van der Waals surface area contributed by atoms with Gasteiger partial charge in [-0.1, -0.05) is 19.3 Å². The monoisotopic (exact) mass is 294 g/mol. The van der Waals surface area contributed by atoms with Crippen molar-refractivity contribution in [3.05, 3.63) is 35.4 Å². The number of benzene rings is 1. The molecule has 2 aliphatic rings. The van der Waals surface area contributed by atoms with Gasteiger partial charge >= 0.3 is 0 Å². The highest BCUT2D eigenvalue weighted by atomic mass is 19.1. The van der Waals surface area contributed by atoms with Crippen molar-refractivity contribution in [3.63, 3.8) is 0 Å². The zero-order valence-electron chi connectivity index (χ0n) is 12.7. The minimum absolute atomic E-state index is 0.0825. The van der Waals surface area contributed by atoms with E-state index < -0.39 is 0 Å². The summed E-state index contributed by atoms with van der Waals surface area (Å²) < 4.78 is 27.6. The number of nitrogens with zero attached hydrogens (tertiary/aromatic N) is 1. The summed E-state index contributed by atoms with van der Waals surface area (Å²) in [6.45, 7) is 4.80. The molecule has 1 atom stereocenters. The Hall–Kier alpha value is -1.00. The minimum Gasteiger partial charge on any atom is -0.314 e. The van der Waals surface area contributed by atoms with Gasteiger partial charge in [-0.2, -0.15) is 0 Å². The van der Waals surface area contributed by atoms with Crippen molar-refractivity contribution in [2.75, 3.05) is 19.6 Å². The van der Waals surface area contributed by atoms with E-state index in [-0.39, 0.29) is 23.2 Å². The van der Waals surface area contributed by atoms with E-state index in [0.29, 0.717) is 5.56 Å². The third-order valence-corrected chi connectivity index (χ3v) is 5.25. The Morgan fingerprint density at radius 2 is 1.95 bits per heavy atom. The van der Waals surface area contributed by atoms with Crippen LogP contribution in [0.4, 0.5) is 8.78 Å². The molecule has 1 saturated carbocycles. The van der Waals surface area contributed by atoms with Crippen LogP contribution in [0.25, 0.3) is 0 Å². The summed E-state index contributed by atoms with van der Waals surface area (Å²) in [5.74, 6) is -0.653. The molecule has 1 unspecified atom stereocenters. The molecule has 0 aromatic heterocycles. The first kappa shape index (κ1) is 14.9. The van der Waals surface area contributed by atoms with Crippen molar-refractivity contribution in [1.29, 1.82) is 0 Å². The van der Waals surface area contributed by atoms with E-state index in [1.807, 2.05) is 6.92 Å². The first-order chi connectivity index (χ1) is 10.1. The van der Waals surface area contributed by atoms with E-state index in [2.05, 4.69) is 10.2 Å². The van der Waals surface area contributed by atoms with Crippen LogP contribution in [0.1, 0.15) is 50.6 Å². The Balaban J connectivity index is 1.90. The molecule has 1 aliphatic heterocycles. The molecule has 1 heterocycles. The highest BCUT2D eigenvalue weighted by Crippen LogP contribution is 2.40. The maximum Gasteiger partial charge on any atom is 0.128 e. The number of hydrogen-bond acceptors (Lipinski definition) is 2. The van der Waals surface area contributed by atoms with Crippen molar-refractivity contribution in [2.24, 2.45) is 0 Å². The van der Waals surface area contributed by atoms with Crippen LogP contribution in [0, 0.1) is 11.6 Å². The third-order valence-electron chi connectivity index (χ3n) is 5.25. The van der Waals surface area contributed by atoms with Gasteiger partial charge in [0.15, 0.2) is 0 Å². The average Bonchev–Trinajstić information content (AvgIpc) is 2.50. The van der Waals surface area contributed by atoms with Gasteiger partial charge in [0.2, 0.25) is 0 Å². The zero-order chi connectivity index (χ0) is 14.9. The Labute approximate surface area is 125 Å². The number of hydrogen-bond donors (Lipinski definition) is 1. The number of piperazine rings is 1. The summed E-state index contributed by atoms with van der Waals surface area (Å²) in [5.41, 5.74) is 0.608. The Kier molecular flexibility index (Phi) is 4.27. The van der Waals surface area contributed by atoms with Crippen LogP contribution in [0.5, 0.6) is 0 Å². The largest absolute Gasteiger partial charge is 0.314 e. The summed E-state index contributed by atoms with van der Waals surface area (Å²) >= 11 is 0. The number of halogens is 2. The lowest BCUT2D eigenvalue weighted by Gasteiger charge is -2.52. The Bertz CT molecular complexity index is 489. The second-order valence-electron chi connectivity index (χ2n) is 6.50. The molecular formula is C17H24F2N2. The number of rotatable bonds is 2. The molecule has 4 heteroatoms. The molecule has 21 heavy (non-hydrogen) atoms. The van der Waals surface area contributed by atoms with Crippen LogP contribution in [-0.2, 0) is 0 Å². The fourth-order valence-corrected chi connectivity index (χ4v) is 4.14. The highest BCUT2D eigenvalue weighted by molar-refractivity contribution is 5.23. The van der Waals surface area contributed by atoms with Gasteiger partial charge in [-0.05, 0) is 38.0 Å². The first-order valence-corrected chi connectivity index (χ1v) is 8.05. The molecule has 0 amide bonds. The van der Waals surface area contributed by atoms with Gasteiger partial charge in [-0.25, -0.2) is 8.78 Å². The molecule has 1 saturated heterocycles. The van der Waals surface area contributed by atoms with E-state index in [0.717, 1.165) is 32.5 Å². The molecule has 2 fully saturated rings. The predicted molar refractivity (Wildman–Crippen MR) is 80.2 cm³/mol. The topological polar surface area (TPSA) is 15.3 Å². The summed E-state index contributed by atoms with van der Waals surface area (Å²) in [4.78, 5) is 2.42. The van der Waals surface area contributed by atoms with Crippen LogP contribution in [-0.4, -0.2) is 30.1 Å². The minimum atomic E-state index is -0.355. The van der Waals surface area contributed by atoms with Crippen molar-refractivity contribution in [2.45, 2.75) is 50.6 Å². The van der Waals surface area contributed by atoms with E-state index in [4.69, 9.17) is 0 Å². The second-order valence-corrected chi connectivity index (χ2v) is 6.50. The lowest BCUT2D eigenvalue weighted by atomic mass is 9.78. The molecule has 0 radical (unpaired) electrons. The fourth-order valence-electron chi connectivity index (χ4n) is 4.14. The third kappa shape index (κ3) is 2.84. The van der Waals surface area contributed by atoms with E-state index in [1.165, 1.54) is 37.5 Å². The van der Waals surface area contributed by atoms with E-state index in [9.17, 15) is 8.78 Å². The lowest BCUT2D eigenvalue weighted by molar-refractivity contribution is -0.00382. The van der Waals surface area contributed by atoms with E-state index in [1.54, 1.807) is 0 Å². The molecule has 1 spiro atoms. The van der Waals surface area contributed by atoms with Crippen LogP contribution in [0.15, 0.2) is 18.2 Å². The summed E-state index contributed by atoms with van der Waals surface area (Å²) in [7, 11) is 0. The predicted octanol–water partition coefficient (Wildman–Crippen LogP) is 3.63. The van der Waals surface area contributed by atoms with Gasteiger partial charge in [0.25, 0.3) is 0 Å². The molecule has 1 aromatic carbocycles. The van der Waals surface area contributed by atoms with Crippen molar-refractivity contribution < 1.29 is 8.78 Å². The first-order valence-electron chi connectivity index (χ1n) is 8.05. The molecule has 0 bridgehead atoms. The Morgan fingerprint density at radius 1 is 1.19 bits per heavy atom. The number of nitrogens with one attached hydrogen (secondary N) is 1. The van der Waals surface area contributed by atoms with Crippen LogP contribution >= 0.6 is 0 Å². The molecular weight excluding hydrogens is 270 g/mol. The molecule has 1 aromatic rings. The van der Waals surface area contributed by atoms with Gasteiger partial charge in [0.05, 0.1) is 0 Å².